The first kappa shape index (κ1) is 15.6. The number of rotatable bonds is 5. The lowest BCUT2D eigenvalue weighted by Crippen LogP contribution is -2.23. The summed E-state index contributed by atoms with van der Waals surface area (Å²) in [5.41, 5.74) is 1.18. The Labute approximate surface area is 127 Å². The number of nitrogens with one attached hydrogen (secondary N) is 1. The van der Waals surface area contributed by atoms with Gasteiger partial charge in [-0.3, -0.25) is 4.79 Å². The summed E-state index contributed by atoms with van der Waals surface area (Å²) in [6, 6.07) is 6.42. The fraction of sp³-hybridized carbons (Fsp3) is 0.333. The molecule has 1 aromatic carbocycles. The van der Waals surface area contributed by atoms with Crippen molar-refractivity contribution in [2.75, 3.05) is 14.1 Å². The van der Waals surface area contributed by atoms with Gasteiger partial charge in [-0.25, -0.2) is 9.37 Å². The summed E-state index contributed by atoms with van der Waals surface area (Å²) in [5, 5.41) is 3.64. The summed E-state index contributed by atoms with van der Waals surface area (Å²) >= 11 is 1.38. The monoisotopic (exact) mass is 307 g/mol. The number of benzene rings is 1. The molecule has 21 heavy (non-hydrogen) atoms. The standard InChI is InChI=1S/C15H18FN3OS/c1-10-14(21-13(18-10)9-19(2)3)15(20)17-8-11-6-4-5-7-12(11)16/h4-7H,8-9H2,1-3H3,(H,17,20). The second-order valence-corrected chi connectivity index (χ2v) is 6.12. The summed E-state index contributed by atoms with van der Waals surface area (Å²) < 4.78 is 13.5. The predicted molar refractivity (Wildman–Crippen MR) is 81.8 cm³/mol. The highest BCUT2D eigenvalue weighted by molar-refractivity contribution is 7.13. The number of hydrogen-bond donors (Lipinski definition) is 1. The zero-order valence-electron chi connectivity index (χ0n) is 12.3. The molecule has 0 spiro atoms. The summed E-state index contributed by atoms with van der Waals surface area (Å²) in [6.45, 7) is 2.69. The lowest BCUT2D eigenvalue weighted by Gasteiger charge is -2.05. The third kappa shape index (κ3) is 4.09. The molecule has 2 aromatic rings. The van der Waals surface area contributed by atoms with Gasteiger partial charge >= 0.3 is 0 Å². The molecule has 1 N–H and O–H groups in total. The van der Waals surface area contributed by atoms with Crippen LogP contribution in [0.3, 0.4) is 0 Å². The normalized spacial score (nSPS) is 10.9. The maximum atomic E-state index is 13.5. The molecule has 112 valence electrons. The second kappa shape index (κ2) is 6.78. The van der Waals surface area contributed by atoms with Crippen molar-refractivity contribution in [2.24, 2.45) is 0 Å². The topological polar surface area (TPSA) is 45.2 Å². The van der Waals surface area contributed by atoms with Crippen LogP contribution < -0.4 is 5.32 Å². The molecular formula is C15H18FN3OS. The molecule has 1 amide bonds. The van der Waals surface area contributed by atoms with E-state index >= 15 is 0 Å². The number of carbonyl (C=O) groups excluding carboxylic acids is 1. The molecule has 0 fully saturated rings. The molecule has 0 saturated carbocycles. The lowest BCUT2D eigenvalue weighted by atomic mass is 10.2. The highest BCUT2D eigenvalue weighted by atomic mass is 32.1. The van der Waals surface area contributed by atoms with Crippen LogP contribution in [-0.2, 0) is 13.1 Å². The Morgan fingerprint density at radius 2 is 2.10 bits per heavy atom. The molecule has 0 unspecified atom stereocenters. The van der Waals surface area contributed by atoms with Crippen molar-refractivity contribution in [1.29, 1.82) is 0 Å². The summed E-state index contributed by atoms with van der Waals surface area (Å²) in [4.78, 5) is 19.1. The van der Waals surface area contributed by atoms with Crippen LogP contribution >= 0.6 is 11.3 Å². The Kier molecular flexibility index (Phi) is 5.03. The van der Waals surface area contributed by atoms with E-state index in [1.165, 1.54) is 17.4 Å². The number of halogens is 1. The van der Waals surface area contributed by atoms with Crippen LogP contribution in [0.2, 0.25) is 0 Å². The quantitative estimate of drug-likeness (QED) is 0.923. The van der Waals surface area contributed by atoms with E-state index in [1.54, 1.807) is 18.2 Å². The molecule has 1 aromatic heterocycles. The van der Waals surface area contributed by atoms with Crippen LogP contribution in [0.1, 0.15) is 25.9 Å². The number of aryl methyl sites for hydroxylation is 1. The van der Waals surface area contributed by atoms with Crippen molar-refractivity contribution in [3.05, 3.63) is 51.2 Å². The van der Waals surface area contributed by atoms with Crippen molar-refractivity contribution in [1.82, 2.24) is 15.2 Å². The molecular weight excluding hydrogens is 289 g/mol. The average Bonchev–Trinajstić information content (AvgIpc) is 2.77. The van der Waals surface area contributed by atoms with Gasteiger partial charge in [0.2, 0.25) is 0 Å². The molecule has 0 aliphatic heterocycles. The first-order valence-corrected chi connectivity index (χ1v) is 7.41. The van der Waals surface area contributed by atoms with Gasteiger partial charge in [0.15, 0.2) is 0 Å². The maximum absolute atomic E-state index is 13.5. The van der Waals surface area contributed by atoms with E-state index in [1.807, 2.05) is 25.9 Å². The average molecular weight is 307 g/mol. The molecule has 6 heteroatoms. The van der Waals surface area contributed by atoms with E-state index in [-0.39, 0.29) is 18.3 Å². The Balaban J connectivity index is 2.04. The highest BCUT2D eigenvalue weighted by Gasteiger charge is 2.15. The zero-order valence-corrected chi connectivity index (χ0v) is 13.1. The Morgan fingerprint density at radius 1 is 1.38 bits per heavy atom. The number of hydrogen-bond acceptors (Lipinski definition) is 4. The molecule has 4 nitrogen and oxygen atoms in total. The van der Waals surface area contributed by atoms with E-state index in [0.29, 0.717) is 22.7 Å². The Hall–Kier alpha value is -1.79. The van der Waals surface area contributed by atoms with E-state index in [4.69, 9.17) is 0 Å². The van der Waals surface area contributed by atoms with E-state index in [2.05, 4.69) is 10.3 Å². The number of carbonyl (C=O) groups is 1. The van der Waals surface area contributed by atoms with Crippen LogP contribution in [0.25, 0.3) is 0 Å². The third-order valence-corrected chi connectivity index (χ3v) is 4.04. The molecule has 0 atom stereocenters. The van der Waals surface area contributed by atoms with Gasteiger partial charge in [0.1, 0.15) is 15.7 Å². The van der Waals surface area contributed by atoms with E-state index in [9.17, 15) is 9.18 Å². The summed E-state index contributed by atoms with van der Waals surface area (Å²) in [7, 11) is 3.91. The predicted octanol–water partition coefficient (Wildman–Crippen LogP) is 2.58. The number of aromatic nitrogens is 1. The molecule has 2 rings (SSSR count). The summed E-state index contributed by atoms with van der Waals surface area (Å²) in [6.07, 6.45) is 0. The zero-order chi connectivity index (χ0) is 15.4. The SMILES string of the molecule is Cc1nc(CN(C)C)sc1C(=O)NCc1ccccc1F. The minimum atomic E-state index is -0.313. The molecule has 0 bridgehead atoms. The van der Waals surface area contributed by atoms with Crippen LogP contribution in [-0.4, -0.2) is 29.9 Å². The van der Waals surface area contributed by atoms with Gasteiger partial charge in [-0.15, -0.1) is 11.3 Å². The van der Waals surface area contributed by atoms with Gasteiger partial charge in [0, 0.05) is 18.7 Å². The first-order chi connectivity index (χ1) is 9.97. The van der Waals surface area contributed by atoms with Gasteiger partial charge in [0.25, 0.3) is 5.91 Å². The van der Waals surface area contributed by atoms with Crippen molar-refractivity contribution < 1.29 is 9.18 Å². The van der Waals surface area contributed by atoms with Crippen molar-refractivity contribution in [2.45, 2.75) is 20.0 Å². The fourth-order valence-corrected chi connectivity index (χ4v) is 3.00. The van der Waals surface area contributed by atoms with Gasteiger partial charge < -0.3 is 10.2 Å². The first-order valence-electron chi connectivity index (χ1n) is 6.60. The van der Waals surface area contributed by atoms with Crippen LogP contribution in [0.4, 0.5) is 4.39 Å². The van der Waals surface area contributed by atoms with Gasteiger partial charge in [-0.05, 0) is 27.1 Å². The van der Waals surface area contributed by atoms with Crippen LogP contribution in [0.5, 0.6) is 0 Å². The largest absolute Gasteiger partial charge is 0.347 e. The van der Waals surface area contributed by atoms with Gasteiger partial charge in [-0.1, -0.05) is 18.2 Å². The smallest absolute Gasteiger partial charge is 0.263 e. The van der Waals surface area contributed by atoms with Crippen molar-refractivity contribution >= 4 is 17.2 Å². The lowest BCUT2D eigenvalue weighted by molar-refractivity contribution is 0.0954. The second-order valence-electron chi connectivity index (χ2n) is 5.03. The summed E-state index contributed by atoms with van der Waals surface area (Å²) in [5.74, 6) is -0.523. The highest BCUT2D eigenvalue weighted by Crippen LogP contribution is 2.19. The number of amides is 1. The number of thiazole rings is 1. The number of nitrogens with zero attached hydrogens (tertiary/aromatic N) is 2. The minimum Gasteiger partial charge on any atom is -0.347 e. The Bertz CT molecular complexity index is 640. The van der Waals surface area contributed by atoms with Crippen molar-refractivity contribution in [3.63, 3.8) is 0 Å². The molecule has 0 aliphatic carbocycles. The van der Waals surface area contributed by atoms with Gasteiger partial charge in [0.05, 0.1) is 5.69 Å². The van der Waals surface area contributed by atoms with E-state index in [0.717, 1.165) is 5.01 Å². The maximum Gasteiger partial charge on any atom is 0.263 e. The molecule has 1 heterocycles. The molecule has 0 radical (unpaired) electrons. The van der Waals surface area contributed by atoms with Crippen LogP contribution in [0, 0.1) is 12.7 Å². The molecule has 0 aliphatic rings. The molecule has 0 saturated heterocycles. The Morgan fingerprint density at radius 3 is 2.76 bits per heavy atom. The fourth-order valence-electron chi connectivity index (χ4n) is 1.90. The minimum absolute atomic E-state index is 0.172. The van der Waals surface area contributed by atoms with Crippen LogP contribution in [0.15, 0.2) is 24.3 Å². The van der Waals surface area contributed by atoms with Crippen molar-refractivity contribution in [3.8, 4) is 0 Å². The third-order valence-electron chi connectivity index (χ3n) is 2.90. The van der Waals surface area contributed by atoms with Gasteiger partial charge in [-0.2, -0.15) is 0 Å². The van der Waals surface area contributed by atoms with E-state index < -0.39 is 0 Å².